The van der Waals surface area contributed by atoms with Gasteiger partial charge in [-0.25, -0.2) is 4.79 Å². The van der Waals surface area contributed by atoms with Gasteiger partial charge in [0.25, 0.3) is 0 Å². The number of rotatable bonds is 11. The van der Waals surface area contributed by atoms with Gasteiger partial charge in [0.05, 0.1) is 19.9 Å². The second-order valence-electron chi connectivity index (χ2n) is 7.71. The minimum absolute atomic E-state index is 0.0147. The third-order valence-corrected chi connectivity index (χ3v) is 5.22. The number of carbonyl (C=O) groups is 2. The number of amides is 3. The van der Waals surface area contributed by atoms with E-state index < -0.39 is 0 Å². The summed E-state index contributed by atoms with van der Waals surface area (Å²) >= 11 is 0. The Morgan fingerprint density at radius 1 is 0.970 bits per heavy atom. The molecule has 0 radical (unpaired) electrons. The minimum atomic E-state index is -0.320. The molecule has 0 bridgehead atoms. The van der Waals surface area contributed by atoms with Crippen LogP contribution in [0.5, 0.6) is 5.75 Å². The van der Waals surface area contributed by atoms with Crippen molar-refractivity contribution in [3.63, 3.8) is 0 Å². The highest BCUT2D eigenvalue weighted by Crippen LogP contribution is 2.17. The van der Waals surface area contributed by atoms with Gasteiger partial charge in [-0.3, -0.25) is 4.79 Å². The van der Waals surface area contributed by atoms with Crippen LogP contribution >= 0.6 is 0 Å². The van der Waals surface area contributed by atoms with Crippen LogP contribution in [0.4, 0.5) is 10.5 Å². The topological polar surface area (TPSA) is 75.0 Å². The van der Waals surface area contributed by atoms with Crippen molar-refractivity contribution in [1.29, 1.82) is 0 Å². The van der Waals surface area contributed by atoms with Crippen LogP contribution in [0.2, 0.25) is 0 Å². The monoisotopic (exact) mass is 449 g/mol. The lowest BCUT2D eigenvalue weighted by atomic mass is 10.1. The van der Waals surface area contributed by atoms with Crippen molar-refractivity contribution in [2.75, 3.05) is 32.1 Å². The normalized spacial score (nSPS) is 10.5. The van der Waals surface area contributed by atoms with E-state index in [9.17, 15) is 9.59 Å². The van der Waals surface area contributed by atoms with Crippen LogP contribution in [0.25, 0.3) is 0 Å². The van der Waals surface area contributed by atoms with E-state index in [4.69, 9.17) is 9.15 Å². The molecule has 3 aromatic rings. The van der Waals surface area contributed by atoms with Gasteiger partial charge in [-0.15, -0.1) is 0 Å². The quantitative estimate of drug-likeness (QED) is 0.456. The van der Waals surface area contributed by atoms with Gasteiger partial charge in [-0.05, 0) is 42.7 Å². The molecule has 174 valence electrons. The molecule has 0 saturated heterocycles. The first-order valence-corrected chi connectivity index (χ1v) is 11.1. The van der Waals surface area contributed by atoms with Gasteiger partial charge < -0.3 is 24.3 Å². The fraction of sp³-hybridized carbons (Fsp3) is 0.308. The zero-order valence-electron chi connectivity index (χ0n) is 19.2. The van der Waals surface area contributed by atoms with Gasteiger partial charge >= 0.3 is 6.03 Å². The maximum Gasteiger partial charge on any atom is 0.322 e. The minimum Gasteiger partial charge on any atom is -0.497 e. The van der Waals surface area contributed by atoms with Crippen LogP contribution in [0.3, 0.4) is 0 Å². The molecular formula is C26H31N3O4. The lowest BCUT2D eigenvalue weighted by Crippen LogP contribution is -2.45. The van der Waals surface area contributed by atoms with E-state index in [1.807, 2.05) is 49.4 Å². The van der Waals surface area contributed by atoms with Crippen molar-refractivity contribution >= 4 is 17.6 Å². The zero-order valence-corrected chi connectivity index (χ0v) is 19.2. The number of nitrogens with zero attached hydrogens (tertiary/aromatic N) is 2. The second-order valence-corrected chi connectivity index (χ2v) is 7.71. The summed E-state index contributed by atoms with van der Waals surface area (Å²) in [4.78, 5) is 29.5. The summed E-state index contributed by atoms with van der Waals surface area (Å²) in [5.74, 6) is 1.23. The largest absolute Gasteiger partial charge is 0.497 e. The predicted octanol–water partition coefficient (Wildman–Crippen LogP) is 4.80. The summed E-state index contributed by atoms with van der Waals surface area (Å²) in [6.45, 7) is 3.32. The number of benzene rings is 2. The molecule has 0 atom stereocenters. The summed E-state index contributed by atoms with van der Waals surface area (Å²) in [5, 5.41) is 2.87. The third kappa shape index (κ3) is 7.42. The molecule has 3 rings (SSSR count). The molecule has 0 aliphatic rings. The van der Waals surface area contributed by atoms with Crippen LogP contribution in [0.1, 0.15) is 24.7 Å². The van der Waals surface area contributed by atoms with E-state index in [-0.39, 0.29) is 18.5 Å². The van der Waals surface area contributed by atoms with E-state index in [0.717, 1.165) is 18.4 Å². The first-order valence-electron chi connectivity index (χ1n) is 11.1. The van der Waals surface area contributed by atoms with Crippen LogP contribution < -0.4 is 10.1 Å². The first kappa shape index (κ1) is 23.9. The van der Waals surface area contributed by atoms with Crippen LogP contribution in [-0.2, 0) is 17.8 Å². The van der Waals surface area contributed by atoms with Crippen molar-refractivity contribution < 1.29 is 18.7 Å². The number of methoxy groups -OCH3 is 1. The zero-order chi connectivity index (χ0) is 23.5. The van der Waals surface area contributed by atoms with Crippen LogP contribution in [0.15, 0.2) is 77.4 Å². The van der Waals surface area contributed by atoms with E-state index >= 15 is 0 Å². The van der Waals surface area contributed by atoms with E-state index in [1.165, 1.54) is 0 Å². The standard InChI is InChI=1S/C26H31N3O4/c1-3-15-29(26(31)27-22-11-7-12-23(18-22)32-2)20-25(30)28(19-24-13-8-17-33-24)16-14-21-9-5-4-6-10-21/h4-13,17-18H,3,14-16,19-20H2,1-2H3,(H,27,31). The van der Waals surface area contributed by atoms with Crippen molar-refractivity contribution in [3.05, 3.63) is 84.3 Å². The molecule has 0 aliphatic carbocycles. The van der Waals surface area contributed by atoms with E-state index in [0.29, 0.717) is 36.8 Å². The van der Waals surface area contributed by atoms with Gasteiger partial charge in [0.1, 0.15) is 18.1 Å². The molecule has 1 heterocycles. The number of anilines is 1. The number of nitrogens with one attached hydrogen (secondary N) is 1. The number of hydrogen-bond donors (Lipinski definition) is 1. The first-order chi connectivity index (χ1) is 16.1. The molecular weight excluding hydrogens is 418 g/mol. The summed E-state index contributed by atoms with van der Waals surface area (Å²) < 4.78 is 10.7. The Balaban J connectivity index is 1.68. The maximum absolute atomic E-state index is 13.3. The molecule has 0 fully saturated rings. The smallest absolute Gasteiger partial charge is 0.322 e. The summed E-state index contributed by atoms with van der Waals surface area (Å²) in [6.07, 6.45) is 3.05. The number of carbonyl (C=O) groups excluding carboxylic acids is 2. The Bertz CT molecular complexity index is 1010. The highest BCUT2D eigenvalue weighted by molar-refractivity contribution is 5.92. The number of ether oxygens (including phenoxy) is 1. The number of urea groups is 1. The van der Waals surface area contributed by atoms with Crippen LogP contribution in [0, 0.1) is 0 Å². The molecule has 2 aromatic carbocycles. The molecule has 3 amide bonds. The van der Waals surface area contributed by atoms with Gasteiger partial charge in [0.2, 0.25) is 5.91 Å². The molecule has 33 heavy (non-hydrogen) atoms. The summed E-state index contributed by atoms with van der Waals surface area (Å²) in [6, 6.07) is 20.5. The SMILES string of the molecule is CCCN(CC(=O)N(CCc1ccccc1)Cc1ccco1)C(=O)Nc1cccc(OC)c1. The van der Waals surface area contributed by atoms with Crippen molar-refractivity contribution in [1.82, 2.24) is 9.80 Å². The Hall–Kier alpha value is -3.74. The highest BCUT2D eigenvalue weighted by Gasteiger charge is 2.22. The number of furan rings is 1. The van der Waals surface area contributed by atoms with Gasteiger partial charge in [-0.2, -0.15) is 0 Å². The Kier molecular flexibility index (Phi) is 8.94. The summed E-state index contributed by atoms with van der Waals surface area (Å²) in [5.41, 5.74) is 1.76. The maximum atomic E-state index is 13.3. The van der Waals surface area contributed by atoms with E-state index in [1.54, 1.807) is 47.4 Å². The van der Waals surface area contributed by atoms with Gasteiger partial charge in [-0.1, -0.05) is 43.3 Å². The van der Waals surface area contributed by atoms with Gasteiger partial charge in [0.15, 0.2) is 0 Å². The molecule has 0 saturated carbocycles. The Labute approximate surface area is 194 Å². The molecule has 0 aliphatic heterocycles. The van der Waals surface area contributed by atoms with E-state index in [2.05, 4.69) is 5.32 Å². The van der Waals surface area contributed by atoms with Crippen molar-refractivity contribution in [3.8, 4) is 5.75 Å². The second kappa shape index (κ2) is 12.3. The Morgan fingerprint density at radius 2 is 1.79 bits per heavy atom. The number of hydrogen-bond acceptors (Lipinski definition) is 4. The van der Waals surface area contributed by atoms with Crippen LogP contribution in [-0.4, -0.2) is 48.5 Å². The molecule has 7 nitrogen and oxygen atoms in total. The van der Waals surface area contributed by atoms with Gasteiger partial charge in [0, 0.05) is 24.8 Å². The average Bonchev–Trinajstić information content (AvgIpc) is 3.35. The molecule has 0 unspecified atom stereocenters. The average molecular weight is 450 g/mol. The fourth-order valence-corrected chi connectivity index (χ4v) is 3.48. The predicted molar refractivity (Wildman–Crippen MR) is 128 cm³/mol. The summed E-state index contributed by atoms with van der Waals surface area (Å²) in [7, 11) is 1.58. The molecule has 7 heteroatoms. The lowest BCUT2D eigenvalue weighted by molar-refractivity contribution is -0.132. The molecule has 1 N–H and O–H groups in total. The molecule has 0 spiro atoms. The van der Waals surface area contributed by atoms with Crippen molar-refractivity contribution in [2.24, 2.45) is 0 Å². The molecule has 1 aromatic heterocycles. The third-order valence-electron chi connectivity index (χ3n) is 5.22. The highest BCUT2D eigenvalue weighted by atomic mass is 16.5. The fourth-order valence-electron chi connectivity index (χ4n) is 3.48. The lowest BCUT2D eigenvalue weighted by Gasteiger charge is -2.27. The Morgan fingerprint density at radius 3 is 2.48 bits per heavy atom. The van der Waals surface area contributed by atoms with Crippen molar-refractivity contribution in [2.45, 2.75) is 26.3 Å².